The lowest BCUT2D eigenvalue weighted by molar-refractivity contribution is -0.671. The maximum absolute atomic E-state index is 11.9. The quantitative estimate of drug-likeness (QED) is 0.0935. The number of rotatable bonds is 12. The first kappa shape index (κ1) is 40.2. The number of hydrogen-bond donors (Lipinski definition) is 6. The van der Waals surface area contributed by atoms with E-state index in [1.807, 2.05) is 19.9 Å². The Labute approximate surface area is 358 Å². The number of carbonyl (C=O) groups is 2. The predicted molar refractivity (Wildman–Crippen MR) is 242 cm³/mol. The Morgan fingerprint density at radius 3 is 1.35 bits per heavy atom. The van der Waals surface area contributed by atoms with E-state index >= 15 is 0 Å². The Hall–Kier alpha value is -7.20. The summed E-state index contributed by atoms with van der Waals surface area (Å²) in [6.07, 6.45) is 15.1. The number of aliphatic carboxylic acids is 2. The molecular weight excluding hydrogens is 773 g/mol. The van der Waals surface area contributed by atoms with Gasteiger partial charge in [-0.05, 0) is 134 Å². The van der Waals surface area contributed by atoms with Crippen molar-refractivity contribution in [2.24, 2.45) is 0 Å². The minimum atomic E-state index is -0.862. The number of hydrogen-bond acceptors (Lipinski definition) is 2. The third-order valence-corrected chi connectivity index (χ3v) is 12.9. The molecule has 0 fully saturated rings. The fourth-order valence-electron chi connectivity index (χ4n) is 9.41. The molecule has 8 bridgehead atoms. The van der Waals surface area contributed by atoms with Crippen LogP contribution in [0, 0.1) is 27.7 Å². The van der Waals surface area contributed by atoms with E-state index in [-0.39, 0.29) is 12.8 Å². The summed E-state index contributed by atoms with van der Waals surface area (Å²) >= 11 is 0. The van der Waals surface area contributed by atoms with Gasteiger partial charge in [-0.1, -0.05) is 24.3 Å². The van der Waals surface area contributed by atoms with Crippen LogP contribution < -0.4 is 30.5 Å². The highest BCUT2D eigenvalue weighted by Gasteiger charge is 2.20. The van der Waals surface area contributed by atoms with Crippen LogP contribution in [0.5, 0.6) is 0 Å². The molecule has 0 aliphatic carbocycles. The molecule has 0 atom stereocenters. The summed E-state index contributed by atoms with van der Waals surface area (Å²) in [6, 6.07) is 25.5. The van der Waals surface area contributed by atoms with E-state index < -0.39 is 11.9 Å². The van der Waals surface area contributed by atoms with Crippen LogP contribution in [0.1, 0.15) is 80.1 Å². The first-order chi connectivity index (χ1) is 30.0. The number of benzene rings is 2. The highest BCUT2D eigenvalue weighted by molar-refractivity contribution is 5.76. The number of H-pyrrole nitrogens is 4. The Morgan fingerprint density at radius 1 is 0.452 bits per heavy atom. The molecular formula is C52H52N6O4+2. The third-order valence-electron chi connectivity index (χ3n) is 12.9. The zero-order valence-electron chi connectivity index (χ0n) is 35.7. The highest BCUT2D eigenvalue weighted by atomic mass is 16.4. The maximum Gasteiger partial charge on any atom is 0.303 e. The molecule has 0 unspecified atom stereocenters. The predicted octanol–water partition coefficient (Wildman–Crippen LogP) is 5.26. The van der Waals surface area contributed by atoms with E-state index in [9.17, 15) is 19.8 Å². The van der Waals surface area contributed by atoms with Gasteiger partial charge in [-0.15, -0.1) is 0 Å². The van der Waals surface area contributed by atoms with Crippen molar-refractivity contribution in [2.45, 2.75) is 79.3 Å². The van der Waals surface area contributed by atoms with Crippen molar-refractivity contribution in [2.75, 3.05) is 0 Å². The molecule has 312 valence electrons. The summed E-state index contributed by atoms with van der Waals surface area (Å²) in [5.41, 5.74) is 14.6. The molecule has 8 aromatic rings. The van der Waals surface area contributed by atoms with E-state index in [4.69, 9.17) is 0 Å². The smallest absolute Gasteiger partial charge is 0.303 e. The standard InChI is InChI=1S/C52H50N6O4/c1-31-37(17-19-51(59)60)47-30-48-38(18-20-52(61)62)32(2)43(56-48)28-46-40(22-26-58-24-10-14-36-12-6-8-16-50(36)58)34(4)44(55-46)29-45-39(33(3)42(53-45)27-41(31)54-47)21-25-57-23-9-13-35-11-5-7-15-49(35)57/h5-16,23-24,27-30,53-56H,17-22,25-26H2,1-4H3/p+2. The molecule has 7 heterocycles. The molecule has 62 heavy (non-hydrogen) atoms. The number of para-hydroxylation sites is 2. The van der Waals surface area contributed by atoms with Crippen LogP contribution in [0.2, 0.25) is 0 Å². The van der Waals surface area contributed by atoms with Gasteiger partial charge in [0.25, 0.3) is 0 Å². The van der Waals surface area contributed by atoms with Crippen LogP contribution in [-0.2, 0) is 48.4 Å². The topological polar surface area (TPSA) is 146 Å². The minimum absolute atomic E-state index is 0.0155. The molecule has 1 aliphatic rings. The molecule has 0 radical (unpaired) electrons. The number of fused-ring (bicyclic) bond motifs is 10. The van der Waals surface area contributed by atoms with Crippen molar-refractivity contribution in [3.05, 3.63) is 174 Å². The van der Waals surface area contributed by atoms with Crippen LogP contribution in [0.4, 0.5) is 0 Å². The summed E-state index contributed by atoms with van der Waals surface area (Å²) < 4.78 is 4.64. The van der Waals surface area contributed by atoms with Gasteiger partial charge < -0.3 is 30.1 Å². The van der Waals surface area contributed by atoms with Gasteiger partial charge in [0, 0.05) is 105 Å². The number of carboxylic acids is 2. The summed E-state index contributed by atoms with van der Waals surface area (Å²) in [4.78, 5) is 38.9. The number of nitrogens with one attached hydrogen (secondary N) is 4. The van der Waals surface area contributed by atoms with Gasteiger partial charge in [0.15, 0.2) is 25.5 Å². The fraction of sp³-hybridized carbons (Fsp3) is 0.231. The van der Waals surface area contributed by atoms with Crippen LogP contribution in [0.3, 0.4) is 0 Å². The van der Waals surface area contributed by atoms with Crippen molar-refractivity contribution in [1.29, 1.82) is 0 Å². The third kappa shape index (κ3) is 7.80. The van der Waals surface area contributed by atoms with Crippen LogP contribution in [0.25, 0.3) is 46.1 Å². The first-order valence-corrected chi connectivity index (χ1v) is 21.4. The monoisotopic (exact) mass is 824 g/mol. The molecule has 1 aliphatic heterocycles. The van der Waals surface area contributed by atoms with Gasteiger partial charge in [0.2, 0.25) is 11.0 Å². The van der Waals surface area contributed by atoms with Gasteiger partial charge in [0.05, 0.1) is 0 Å². The van der Waals surface area contributed by atoms with Crippen LogP contribution >= 0.6 is 0 Å². The number of pyridine rings is 2. The summed E-state index contributed by atoms with van der Waals surface area (Å²) in [6.45, 7) is 10.0. The zero-order chi connectivity index (χ0) is 43.1. The van der Waals surface area contributed by atoms with Gasteiger partial charge in [0.1, 0.15) is 0 Å². The van der Waals surface area contributed by atoms with Crippen molar-refractivity contribution < 1.29 is 28.9 Å². The Kier molecular flexibility index (Phi) is 10.8. The van der Waals surface area contributed by atoms with Crippen LogP contribution in [0.15, 0.2) is 85.2 Å². The van der Waals surface area contributed by atoms with Gasteiger partial charge in [-0.25, -0.2) is 0 Å². The van der Waals surface area contributed by atoms with Crippen molar-refractivity contribution in [3.8, 4) is 0 Å². The molecule has 10 nitrogen and oxygen atoms in total. The maximum atomic E-state index is 11.9. The molecule has 0 saturated carbocycles. The van der Waals surface area contributed by atoms with Crippen LogP contribution in [-0.4, -0.2) is 42.1 Å². The number of carboxylic acid groups (broad SMARTS) is 2. The second-order valence-electron chi connectivity index (χ2n) is 16.6. The average Bonchev–Trinajstić information content (AvgIpc) is 3.92. The lowest BCUT2D eigenvalue weighted by Gasteiger charge is -2.04. The van der Waals surface area contributed by atoms with Gasteiger partial charge >= 0.3 is 11.9 Å². The summed E-state index contributed by atoms with van der Waals surface area (Å²) in [5, 5.41) is 25.6. The van der Waals surface area contributed by atoms with E-state index in [1.54, 1.807) is 0 Å². The minimum Gasteiger partial charge on any atom is -0.481 e. The molecule has 0 amide bonds. The second-order valence-corrected chi connectivity index (χ2v) is 16.6. The molecule has 0 saturated heterocycles. The van der Waals surface area contributed by atoms with Crippen molar-refractivity contribution in [1.82, 2.24) is 19.9 Å². The summed E-state index contributed by atoms with van der Waals surface area (Å²) in [5.74, 6) is -1.72. The Morgan fingerprint density at radius 2 is 0.839 bits per heavy atom. The Balaban J connectivity index is 1.27. The highest BCUT2D eigenvalue weighted by Crippen LogP contribution is 2.24. The number of aryl methyl sites for hydroxylation is 2. The second kappa shape index (κ2) is 16.7. The molecule has 6 N–H and O–H groups in total. The molecule has 9 rings (SSSR count). The summed E-state index contributed by atoms with van der Waals surface area (Å²) in [7, 11) is 0. The van der Waals surface area contributed by atoms with E-state index in [2.05, 4.69) is 146 Å². The largest absolute Gasteiger partial charge is 0.481 e. The molecule has 2 aromatic carbocycles. The van der Waals surface area contributed by atoms with Gasteiger partial charge in [-0.2, -0.15) is 9.13 Å². The number of aromatic amines is 4. The van der Waals surface area contributed by atoms with Crippen molar-refractivity contribution in [3.63, 3.8) is 0 Å². The molecule has 0 spiro atoms. The zero-order valence-corrected chi connectivity index (χ0v) is 35.7. The molecule has 6 aromatic heterocycles. The normalized spacial score (nSPS) is 12.2. The van der Waals surface area contributed by atoms with E-state index in [0.29, 0.717) is 12.8 Å². The average molecular weight is 825 g/mol. The van der Waals surface area contributed by atoms with E-state index in [1.165, 1.54) is 38.5 Å². The fourth-order valence-corrected chi connectivity index (χ4v) is 9.41. The SMILES string of the molecule is Cc1c2[nH]c(c1CCC(=O)O)C=c1[nH]c(c(C)c1CCC(=O)O)=Cc1[nH]c(c(C)c1CC[n+]1cccc3ccccc31)C=c1[nH]c(c(C)c1CC[n+]1cccc3ccccc31)=C2. The van der Waals surface area contributed by atoms with E-state index in [0.717, 1.165) is 97.9 Å². The van der Waals surface area contributed by atoms with Crippen molar-refractivity contribution >= 4 is 58.0 Å². The number of nitrogens with zero attached hydrogens (tertiary/aromatic N) is 2. The first-order valence-electron chi connectivity index (χ1n) is 21.4. The lowest BCUT2D eigenvalue weighted by atomic mass is 10.0. The number of aromatic nitrogens is 6. The lowest BCUT2D eigenvalue weighted by Crippen LogP contribution is -2.35. The molecule has 10 heteroatoms. The van der Waals surface area contributed by atoms with Gasteiger partial charge in [-0.3, -0.25) is 9.59 Å². The Bertz CT molecular complexity index is 3310.